The topological polar surface area (TPSA) is 113 Å². The number of rotatable bonds is 6. The molecule has 2 aromatic rings. The van der Waals surface area contributed by atoms with Gasteiger partial charge in [-0.15, -0.1) is 5.10 Å². The molecule has 3 aliphatic rings. The van der Waals surface area contributed by atoms with Crippen LogP contribution in [0.1, 0.15) is 70.1 Å². The number of hydrogen-bond acceptors (Lipinski definition) is 6. The normalized spacial score (nSPS) is 24.2. The molecule has 2 bridgehead atoms. The monoisotopic (exact) mass is 476 g/mol. The third kappa shape index (κ3) is 5.02. The van der Waals surface area contributed by atoms with Crippen LogP contribution in [0.2, 0.25) is 0 Å². The zero-order valence-corrected chi connectivity index (χ0v) is 20.5. The Bertz CT molecular complexity index is 1140. The first-order valence-electron chi connectivity index (χ1n) is 12.4. The standard InChI is InChI=1S/C26H32N6O3/c1-26(2,3)35-25(34)32-21-11-8-18(13-21)23(32)24(33)28-19(14-27)12-16-4-9-20(10-5-16)31-15-22(29-30-31)17-6-7-17/h4-5,9-10,15,17-19,21,23H,6-8,11-13H2,1-3H3,(H,28,33)/t18?,19-,21+,23-/m0/s1. The molecular weight excluding hydrogens is 444 g/mol. The first-order chi connectivity index (χ1) is 16.7. The molecule has 35 heavy (non-hydrogen) atoms. The van der Waals surface area contributed by atoms with Crippen molar-refractivity contribution in [1.82, 2.24) is 25.2 Å². The molecule has 5 rings (SSSR count). The number of piperidine rings is 1. The van der Waals surface area contributed by atoms with E-state index in [1.165, 1.54) is 12.8 Å². The summed E-state index contributed by atoms with van der Waals surface area (Å²) >= 11 is 0. The van der Waals surface area contributed by atoms with E-state index < -0.39 is 23.8 Å². The molecule has 2 amide bonds. The molecule has 9 heteroatoms. The summed E-state index contributed by atoms with van der Waals surface area (Å²) in [4.78, 5) is 27.7. The Labute approximate surface area is 205 Å². The van der Waals surface area contributed by atoms with Crippen molar-refractivity contribution in [3.05, 3.63) is 41.7 Å². The van der Waals surface area contributed by atoms with Crippen LogP contribution < -0.4 is 5.32 Å². The summed E-state index contributed by atoms with van der Waals surface area (Å²) in [5, 5.41) is 21.1. The van der Waals surface area contributed by atoms with E-state index in [0.29, 0.717) is 12.3 Å². The lowest BCUT2D eigenvalue weighted by atomic mass is 9.97. The molecule has 1 saturated heterocycles. The molecule has 2 saturated carbocycles. The molecule has 2 aliphatic carbocycles. The van der Waals surface area contributed by atoms with Gasteiger partial charge >= 0.3 is 6.09 Å². The third-order valence-corrected chi connectivity index (χ3v) is 7.08. The quantitative estimate of drug-likeness (QED) is 0.683. The fraction of sp³-hybridized carbons (Fsp3) is 0.577. The van der Waals surface area contributed by atoms with Crippen LogP contribution in [0.25, 0.3) is 5.69 Å². The minimum atomic E-state index is -0.694. The van der Waals surface area contributed by atoms with E-state index in [1.807, 2.05) is 51.2 Å². The molecule has 1 unspecified atom stereocenters. The number of aromatic nitrogens is 3. The molecule has 1 aromatic carbocycles. The van der Waals surface area contributed by atoms with Crippen LogP contribution in [0.4, 0.5) is 4.79 Å². The molecular formula is C26H32N6O3. The van der Waals surface area contributed by atoms with E-state index in [0.717, 1.165) is 36.2 Å². The van der Waals surface area contributed by atoms with Crippen LogP contribution in [0.15, 0.2) is 30.5 Å². The van der Waals surface area contributed by atoms with Crippen LogP contribution >= 0.6 is 0 Å². The number of benzene rings is 1. The molecule has 4 atom stereocenters. The van der Waals surface area contributed by atoms with Crippen molar-refractivity contribution in [1.29, 1.82) is 5.26 Å². The molecule has 3 fully saturated rings. The van der Waals surface area contributed by atoms with Gasteiger partial charge in [0.2, 0.25) is 5.91 Å². The Hall–Kier alpha value is -3.41. The minimum absolute atomic E-state index is 0.0240. The van der Waals surface area contributed by atoms with Gasteiger partial charge in [0.05, 0.1) is 23.6 Å². The SMILES string of the molecule is CC(C)(C)OC(=O)N1[C@@H]2CCC(C2)[C@H]1C(=O)N[C@H](C#N)Cc1ccc(-n2cc(C3CC3)nn2)cc1. The molecule has 1 aromatic heterocycles. The average Bonchev–Trinajstić information content (AvgIpc) is 3.21. The van der Waals surface area contributed by atoms with Crippen LogP contribution in [0.5, 0.6) is 0 Å². The highest BCUT2D eigenvalue weighted by molar-refractivity contribution is 5.87. The number of carbonyl (C=O) groups excluding carboxylic acids is 2. The summed E-state index contributed by atoms with van der Waals surface area (Å²) in [5.41, 5.74) is 2.23. The number of amides is 2. The minimum Gasteiger partial charge on any atom is -0.444 e. The Balaban J connectivity index is 1.22. The number of likely N-dealkylation sites (tertiary alicyclic amines) is 1. The van der Waals surface area contributed by atoms with E-state index in [9.17, 15) is 14.9 Å². The van der Waals surface area contributed by atoms with Gasteiger partial charge in [-0.25, -0.2) is 9.48 Å². The maximum Gasteiger partial charge on any atom is 0.411 e. The van der Waals surface area contributed by atoms with Gasteiger partial charge in [0.15, 0.2) is 0 Å². The van der Waals surface area contributed by atoms with Crippen molar-refractivity contribution < 1.29 is 14.3 Å². The molecule has 9 nitrogen and oxygen atoms in total. The van der Waals surface area contributed by atoms with Gasteiger partial charge in [-0.1, -0.05) is 17.3 Å². The fourth-order valence-corrected chi connectivity index (χ4v) is 5.28. The highest BCUT2D eigenvalue weighted by Gasteiger charge is 2.52. The van der Waals surface area contributed by atoms with Gasteiger partial charge in [0, 0.05) is 18.4 Å². The summed E-state index contributed by atoms with van der Waals surface area (Å²) in [5.74, 6) is 0.375. The van der Waals surface area contributed by atoms with E-state index >= 15 is 0 Å². The smallest absolute Gasteiger partial charge is 0.411 e. The summed E-state index contributed by atoms with van der Waals surface area (Å²) in [6, 6.07) is 8.71. The zero-order valence-electron chi connectivity index (χ0n) is 20.5. The van der Waals surface area contributed by atoms with Gasteiger partial charge in [0.1, 0.15) is 17.7 Å². The Morgan fingerprint density at radius 2 is 1.94 bits per heavy atom. The number of fused-ring (bicyclic) bond motifs is 2. The maximum atomic E-state index is 13.2. The van der Waals surface area contributed by atoms with Gasteiger partial charge in [-0.2, -0.15) is 5.26 Å². The van der Waals surface area contributed by atoms with Gasteiger partial charge in [-0.05, 0) is 76.5 Å². The van der Waals surface area contributed by atoms with Crippen molar-refractivity contribution in [2.24, 2.45) is 5.92 Å². The van der Waals surface area contributed by atoms with Crippen LogP contribution in [0, 0.1) is 17.2 Å². The van der Waals surface area contributed by atoms with Crippen molar-refractivity contribution in [2.75, 3.05) is 0 Å². The van der Waals surface area contributed by atoms with E-state index in [1.54, 1.807) is 9.58 Å². The predicted octanol–water partition coefficient (Wildman–Crippen LogP) is 3.48. The second-order valence-electron chi connectivity index (χ2n) is 11.0. The maximum absolute atomic E-state index is 13.2. The summed E-state index contributed by atoms with van der Waals surface area (Å²) in [6.45, 7) is 5.46. The van der Waals surface area contributed by atoms with Crippen molar-refractivity contribution >= 4 is 12.0 Å². The Morgan fingerprint density at radius 1 is 1.20 bits per heavy atom. The lowest BCUT2D eigenvalue weighted by molar-refractivity contribution is -0.128. The van der Waals surface area contributed by atoms with E-state index in [-0.39, 0.29) is 17.9 Å². The number of hydrogen-bond donors (Lipinski definition) is 1. The van der Waals surface area contributed by atoms with Gasteiger partial charge in [-0.3, -0.25) is 9.69 Å². The lowest BCUT2D eigenvalue weighted by Gasteiger charge is -2.35. The molecule has 2 heterocycles. The number of nitriles is 1. The number of carbonyl (C=O) groups is 2. The molecule has 184 valence electrons. The second-order valence-corrected chi connectivity index (χ2v) is 11.0. The van der Waals surface area contributed by atoms with Crippen LogP contribution in [-0.2, 0) is 16.0 Å². The van der Waals surface area contributed by atoms with Gasteiger partial charge < -0.3 is 10.1 Å². The van der Waals surface area contributed by atoms with Crippen molar-refractivity contribution in [3.8, 4) is 11.8 Å². The summed E-state index contributed by atoms with van der Waals surface area (Å²) < 4.78 is 7.34. The second kappa shape index (κ2) is 8.99. The first kappa shape index (κ1) is 23.3. The average molecular weight is 477 g/mol. The molecule has 1 N–H and O–H groups in total. The first-order valence-corrected chi connectivity index (χ1v) is 12.4. The molecule has 0 spiro atoms. The van der Waals surface area contributed by atoms with Crippen LogP contribution in [0.3, 0.4) is 0 Å². The van der Waals surface area contributed by atoms with Crippen molar-refractivity contribution in [3.63, 3.8) is 0 Å². The highest BCUT2D eigenvalue weighted by atomic mass is 16.6. The number of nitrogens with zero attached hydrogens (tertiary/aromatic N) is 5. The van der Waals surface area contributed by atoms with Gasteiger partial charge in [0.25, 0.3) is 0 Å². The highest BCUT2D eigenvalue weighted by Crippen LogP contribution is 2.43. The Kier molecular flexibility index (Phi) is 5.99. The molecule has 0 radical (unpaired) electrons. The predicted molar refractivity (Wildman–Crippen MR) is 128 cm³/mol. The lowest BCUT2D eigenvalue weighted by Crippen LogP contribution is -2.55. The number of nitrogens with one attached hydrogen (secondary N) is 1. The third-order valence-electron chi connectivity index (χ3n) is 7.08. The van der Waals surface area contributed by atoms with E-state index in [4.69, 9.17) is 4.74 Å². The zero-order chi connectivity index (χ0) is 24.7. The summed E-state index contributed by atoms with van der Waals surface area (Å²) in [7, 11) is 0. The molecule has 1 aliphatic heterocycles. The Morgan fingerprint density at radius 3 is 2.60 bits per heavy atom. The van der Waals surface area contributed by atoms with Crippen molar-refractivity contribution in [2.45, 2.75) is 88.9 Å². The fourth-order valence-electron chi connectivity index (χ4n) is 5.28. The van der Waals surface area contributed by atoms with Crippen LogP contribution in [-0.4, -0.2) is 55.6 Å². The summed E-state index contributed by atoms with van der Waals surface area (Å²) in [6.07, 6.45) is 6.85. The van der Waals surface area contributed by atoms with E-state index in [2.05, 4.69) is 21.7 Å². The number of ether oxygens (including phenoxy) is 1. The largest absolute Gasteiger partial charge is 0.444 e.